The van der Waals surface area contributed by atoms with E-state index in [0.29, 0.717) is 6.42 Å². The second kappa shape index (κ2) is 5.85. The molecule has 0 aromatic heterocycles. The number of hydrogen-bond acceptors (Lipinski definition) is 2. The van der Waals surface area contributed by atoms with Gasteiger partial charge in [-0.05, 0) is 30.7 Å². The molecule has 2 aromatic rings. The van der Waals surface area contributed by atoms with Gasteiger partial charge in [0.1, 0.15) is 5.82 Å². The van der Waals surface area contributed by atoms with Gasteiger partial charge in [-0.3, -0.25) is 0 Å². The summed E-state index contributed by atoms with van der Waals surface area (Å²) < 4.78 is 13.3. The first-order valence-electron chi connectivity index (χ1n) is 6.39. The van der Waals surface area contributed by atoms with Gasteiger partial charge in [0, 0.05) is 24.0 Å². The van der Waals surface area contributed by atoms with Crippen LogP contribution >= 0.6 is 0 Å². The molecule has 1 N–H and O–H groups in total. The summed E-state index contributed by atoms with van der Waals surface area (Å²) in [5.74, 6) is -0.266. The van der Waals surface area contributed by atoms with Crippen LogP contribution in [0.3, 0.4) is 0 Å². The molecule has 0 heterocycles. The average molecular weight is 259 g/mol. The predicted molar refractivity (Wildman–Crippen MR) is 76.2 cm³/mol. The molecule has 2 nitrogen and oxygen atoms in total. The normalized spacial score (nSPS) is 12.2. The summed E-state index contributed by atoms with van der Waals surface area (Å²) in [6.07, 6.45) is 0.140. The summed E-state index contributed by atoms with van der Waals surface area (Å²) in [6.45, 7) is 1.93. The largest absolute Gasteiger partial charge is 0.388 e. The molecule has 1 unspecified atom stereocenters. The minimum absolute atomic E-state index is 0.266. The summed E-state index contributed by atoms with van der Waals surface area (Å²) in [5, 5.41) is 10.1. The van der Waals surface area contributed by atoms with Gasteiger partial charge in [-0.15, -0.1) is 0 Å². The third kappa shape index (κ3) is 2.93. The van der Waals surface area contributed by atoms with Crippen molar-refractivity contribution in [3.05, 3.63) is 59.9 Å². The molecule has 0 radical (unpaired) electrons. The molecule has 100 valence electrons. The van der Waals surface area contributed by atoms with Crippen LogP contribution in [0, 0.1) is 5.82 Å². The Bertz CT molecular complexity index is 556. The van der Waals surface area contributed by atoms with Crippen LogP contribution in [0.2, 0.25) is 0 Å². The van der Waals surface area contributed by atoms with Gasteiger partial charge in [0.25, 0.3) is 0 Å². The highest BCUT2D eigenvalue weighted by molar-refractivity contribution is 5.66. The Balaban J connectivity index is 2.41. The van der Waals surface area contributed by atoms with Crippen LogP contribution < -0.4 is 4.90 Å². The first-order chi connectivity index (χ1) is 9.13. The van der Waals surface area contributed by atoms with Crippen molar-refractivity contribution in [2.75, 3.05) is 11.9 Å². The first kappa shape index (κ1) is 13.6. The van der Waals surface area contributed by atoms with Gasteiger partial charge in [-0.25, -0.2) is 4.39 Å². The monoisotopic (exact) mass is 259 g/mol. The van der Waals surface area contributed by atoms with Crippen molar-refractivity contribution in [3.8, 4) is 0 Å². The van der Waals surface area contributed by atoms with Crippen molar-refractivity contribution >= 4 is 11.4 Å². The molecule has 0 saturated heterocycles. The highest BCUT2D eigenvalue weighted by atomic mass is 19.1. The smallest absolute Gasteiger partial charge is 0.125 e. The molecule has 1 atom stereocenters. The molecule has 0 aliphatic carbocycles. The lowest BCUT2D eigenvalue weighted by Gasteiger charge is -2.24. The SMILES string of the molecule is CCC(O)c1ccccc1N(C)c1cccc(F)c1. The molecule has 2 rings (SSSR count). The molecule has 2 aromatic carbocycles. The van der Waals surface area contributed by atoms with E-state index in [-0.39, 0.29) is 5.82 Å². The Morgan fingerprint density at radius 1 is 1.16 bits per heavy atom. The zero-order chi connectivity index (χ0) is 13.8. The quantitative estimate of drug-likeness (QED) is 0.895. The van der Waals surface area contributed by atoms with E-state index < -0.39 is 6.10 Å². The Hall–Kier alpha value is -1.87. The summed E-state index contributed by atoms with van der Waals surface area (Å²) in [6, 6.07) is 14.1. The maximum absolute atomic E-state index is 13.3. The van der Waals surface area contributed by atoms with Crippen molar-refractivity contribution in [2.45, 2.75) is 19.4 Å². The fraction of sp³-hybridized carbons (Fsp3) is 0.250. The molecule has 0 spiro atoms. The van der Waals surface area contributed by atoms with Crippen molar-refractivity contribution in [1.29, 1.82) is 0 Å². The lowest BCUT2D eigenvalue weighted by Crippen LogP contribution is -2.13. The van der Waals surface area contributed by atoms with Crippen LogP contribution in [0.25, 0.3) is 0 Å². The minimum atomic E-state index is -0.507. The lowest BCUT2D eigenvalue weighted by molar-refractivity contribution is 0.174. The van der Waals surface area contributed by atoms with Crippen LogP contribution in [0.15, 0.2) is 48.5 Å². The average Bonchev–Trinajstić information content (AvgIpc) is 2.45. The zero-order valence-corrected chi connectivity index (χ0v) is 11.2. The fourth-order valence-corrected chi connectivity index (χ4v) is 2.12. The third-order valence-corrected chi connectivity index (χ3v) is 3.24. The topological polar surface area (TPSA) is 23.5 Å². The first-order valence-corrected chi connectivity index (χ1v) is 6.39. The number of hydrogen-bond donors (Lipinski definition) is 1. The Morgan fingerprint density at radius 2 is 1.89 bits per heavy atom. The molecule has 3 heteroatoms. The number of aliphatic hydroxyl groups is 1. The molecule has 0 fully saturated rings. The Labute approximate surface area is 113 Å². The van der Waals surface area contributed by atoms with E-state index in [2.05, 4.69) is 0 Å². The Kier molecular flexibility index (Phi) is 4.17. The second-order valence-electron chi connectivity index (χ2n) is 4.52. The Morgan fingerprint density at radius 3 is 2.58 bits per heavy atom. The molecule has 19 heavy (non-hydrogen) atoms. The van der Waals surface area contributed by atoms with Crippen molar-refractivity contribution in [1.82, 2.24) is 0 Å². The van der Waals surface area contributed by atoms with E-state index >= 15 is 0 Å². The number of rotatable bonds is 4. The van der Waals surface area contributed by atoms with Crippen LogP contribution in [0.5, 0.6) is 0 Å². The maximum Gasteiger partial charge on any atom is 0.125 e. The van der Waals surface area contributed by atoms with Crippen LogP contribution in [-0.4, -0.2) is 12.2 Å². The van der Waals surface area contributed by atoms with Crippen molar-refractivity contribution in [2.24, 2.45) is 0 Å². The molecule has 0 aliphatic rings. The zero-order valence-electron chi connectivity index (χ0n) is 11.2. The molecular weight excluding hydrogens is 241 g/mol. The number of benzene rings is 2. The van der Waals surface area contributed by atoms with Gasteiger partial charge < -0.3 is 10.0 Å². The summed E-state index contributed by atoms with van der Waals surface area (Å²) >= 11 is 0. The van der Waals surface area contributed by atoms with Crippen molar-refractivity contribution in [3.63, 3.8) is 0 Å². The van der Waals surface area contributed by atoms with E-state index in [1.54, 1.807) is 6.07 Å². The molecule has 0 amide bonds. The maximum atomic E-state index is 13.3. The van der Waals surface area contributed by atoms with Gasteiger partial charge in [-0.2, -0.15) is 0 Å². The van der Waals surface area contributed by atoms with E-state index in [1.807, 2.05) is 49.2 Å². The summed E-state index contributed by atoms with van der Waals surface area (Å²) in [4.78, 5) is 1.89. The highest BCUT2D eigenvalue weighted by Gasteiger charge is 2.14. The number of para-hydroxylation sites is 1. The van der Waals surface area contributed by atoms with Gasteiger partial charge in [0.2, 0.25) is 0 Å². The van der Waals surface area contributed by atoms with Gasteiger partial charge in [-0.1, -0.05) is 31.2 Å². The predicted octanol–water partition coefficient (Wildman–Crippen LogP) is 4.04. The standard InChI is InChI=1S/C16H18FNO/c1-3-16(19)14-9-4-5-10-15(14)18(2)13-8-6-7-12(17)11-13/h4-11,16,19H,3H2,1-2H3. The number of aliphatic hydroxyl groups excluding tert-OH is 1. The van der Waals surface area contributed by atoms with Crippen molar-refractivity contribution < 1.29 is 9.50 Å². The van der Waals surface area contributed by atoms with E-state index in [1.165, 1.54) is 12.1 Å². The van der Waals surface area contributed by atoms with E-state index in [0.717, 1.165) is 16.9 Å². The number of halogens is 1. The minimum Gasteiger partial charge on any atom is -0.388 e. The van der Waals surface area contributed by atoms with Gasteiger partial charge >= 0.3 is 0 Å². The van der Waals surface area contributed by atoms with Gasteiger partial charge in [0.15, 0.2) is 0 Å². The summed E-state index contributed by atoms with van der Waals surface area (Å²) in [7, 11) is 1.87. The lowest BCUT2D eigenvalue weighted by atomic mass is 10.0. The van der Waals surface area contributed by atoms with Gasteiger partial charge in [0.05, 0.1) is 6.10 Å². The van der Waals surface area contributed by atoms with Crippen LogP contribution in [-0.2, 0) is 0 Å². The van der Waals surface area contributed by atoms with Crippen LogP contribution in [0.1, 0.15) is 25.0 Å². The van der Waals surface area contributed by atoms with E-state index in [9.17, 15) is 9.50 Å². The second-order valence-corrected chi connectivity index (χ2v) is 4.52. The summed E-state index contributed by atoms with van der Waals surface area (Å²) in [5.41, 5.74) is 2.51. The highest BCUT2D eigenvalue weighted by Crippen LogP contribution is 2.31. The molecule has 0 aliphatic heterocycles. The number of anilines is 2. The molecular formula is C16H18FNO. The third-order valence-electron chi connectivity index (χ3n) is 3.24. The fourth-order valence-electron chi connectivity index (χ4n) is 2.12. The number of nitrogens with zero attached hydrogens (tertiary/aromatic N) is 1. The van der Waals surface area contributed by atoms with E-state index in [4.69, 9.17) is 0 Å². The molecule has 0 bridgehead atoms. The molecule has 0 saturated carbocycles. The van der Waals surface area contributed by atoms with Crippen LogP contribution in [0.4, 0.5) is 15.8 Å².